The Bertz CT molecular complexity index is 998. The van der Waals surface area contributed by atoms with E-state index in [1.807, 2.05) is 30.3 Å². The average molecular weight is 368 g/mol. The molecule has 2 aromatic carbocycles. The Balaban J connectivity index is 1.59. The van der Waals surface area contributed by atoms with Crippen molar-refractivity contribution in [2.45, 2.75) is 12.6 Å². The number of nitrogens with zero attached hydrogens (tertiary/aromatic N) is 3. The first-order valence-electron chi connectivity index (χ1n) is 8.51. The van der Waals surface area contributed by atoms with Crippen molar-refractivity contribution < 1.29 is 13.9 Å². The maximum Gasteiger partial charge on any atom is 0.343 e. The predicted molar refractivity (Wildman–Crippen MR) is 94.7 cm³/mol. The molecule has 27 heavy (non-hydrogen) atoms. The van der Waals surface area contributed by atoms with Crippen molar-refractivity contribution in [3.63, 3.8) is 0 Å². The summed E-state index contributed by atoms with van der Waals surface area (Å²) in [5.74, 6) is 0.294. The normalized spacial score (nSPS) is 16.0. The van der Waals surface area contributed by atoms with E-state index in [1.165, 1.54) is 24.3 Å². The molecule has 0 saturated heterocycles. The van der Waals surface area contributed by atoms with Crippen LogP contribution in [0.1, 0.15) is 17.4 Å². The van der Waals surface area contributed by atoms with E-state index in [-0.39, 0.29) is 24.0 Å². The monoisotopic (exact) mass is 368 g/mol. The van der Waals surface area contributed by atoms with Gasteiger partial charge in [-0.15, -0.1) is 0 Å². The molecule has 138 valence electrons. The van der Waals surface area contributed by atoms with Gasteiger partial charge in [-0.2, -0.15) is 5.10 Å². The van der Waals surface area contributed by atoms with Gasteiger partial charge in [0, 0.05) is 13.1 Å². The summed E-state index contributed by atoms with van der Waals surface area (Å²) in [5.41, 5.74) is 0.563. The molecular weight excluding hydrogens is 351 g/mol. The number of H-pyrrole nitrogens is 1. The van der Waals surface area contributed by atoms with Crippen LogP contribution in [0.4, 0.5) is 4.39 Å². The van der Waals surface area contributed by atoms with Crippen molar-refractivity contribution in [3.05, 3.63) is 82.3 Å². The molecule has 0 spiro atoms. The SMILES string of the molecule is O=C(COc1ccc(F)cc1)N1CCn2c(n[nH]c2=O)C1c1ccccc1. The minimum Gasteiger partial charge on any atom is -0.484 e. The number of aromatic amines is 1. The van der Waals surface area contributed by atoms with Crippen molar-refractivity contribution in [2.24, 2.45) is 0 Å². The molecule has 1 amide bonds. The fourth-order valence-corrected chi connectivity index (χ4v) is 3.22. The molecular formula is C19H17FN4O3. The number of ether oxygens (including phenoxy) is 1. The van der Waals surface area contributed by atoms with E-state index < -0.39 is 6.04 Å². The molecule has 3 aromatic rings. The molecule has 0 aliphatic carbocycles. The number of amides is 1. The van der Waals surface area contributed by atoms with Gasteiger partial charge < -0.3 is 9.64 Å². The Labute approximate surface area is 154 Å². The standard InChI is InChI=1S/C19H17FN4O3/c20-14-6-8-15(9-7-14)27-12-16(25)23-10-11-24-18(21-22-19(24)26)17(23)13-4-2-1-3-5-13/h1-9,17H,10-12H2,(H,22,26). The highest BCUT2D eigenvalue weighted by Crippen LogP contribution is 2.29. The minimum absolute atomic E-state index is 0.191. The number of aromatic nitrogens is 3. The summed E-state index contributed by atoms with van der Waals surface area (Å²) in [7, 11) is 0. The van der Waals surface area contributed by atoms with Gasteiger partial charge >= 0.3 is 5.69 Å². The molecule has 8 heteroatoms. The van der Waals surface area contributed by atoms with E-state index >= 15 is 0 Å². The Kier molecular flexibility index (Phi) is 4.45. The Morgan fingerprint density at radius 1 is 1.15 bits per heavy atom. The molecule has 2 heterocycles. The lowest BCUT2D eigenvalue weighted by Crippen LogP contribution is -2.46. The third-order valence-corrected chi connectivity index (χ3v) is 4.52. The molecule has 0 fully saturated rings. The van der Waals surface area contributed by atoms with E-state index in [0.29, 0.717) is 24.7 Å². The lowest BCUT2D eigenvalue weighted by Gasteiger charge is -2.35. The number of fused-ring (bicyclic) bond motifs is 1. The van der Waals surface area contributed by atoms with Gasteiger partial charge in [-0.1, -0.05) is 30.3 Å². The summed E-state index contributed by atoms with van der Waals surface area (Å²) in [6, 6.07) is 14.4. The lowest BCUT2D eigenvalue weighted by molar-refractivity contribution is -0.136. The summed E-state index contributed by atoms with van der Waals surface area (Å²) in [4.78, 5) is 26.4. The predicted octanol–water partition coefficient (Wildman–Crippen LogP) is 1.72. The highest BCUT2D eigenvalue weighted by atomic mass is 19.1. The quantitative estimate of drug-likeness (QED) is 0.760. The van der Waals surface area contributed by atoms with E-state index in [1.54, 1.807) is 9.47 Å². The molecule has 0 radical (unpaired) electrons. The van der Waals surface area contributed by atoms with Crippen LogP contribution in [0.2, 0.25) is 0 Å². The molecule has 1 N–H and O–H groups in total. The summed E-state index contributed by atoms with van der Waals surface area (Å²) < 4.78 is 20.0. The fourth-order valence-electron chi connectivity index (χ4n) is 3.22. The van der Waals surface area contributed by atoms with Gasteiger partial charge in [-0.05, 0) is 29.8 Å². The van der Waals surface area contributed by atoms with Gasteiger partial charge in [0.1, 0.15) is 17.6 Å². The van der Waals surface area contributed by atoms with Gasteiger partial charge in [0.05, 0.1) is 0 Å². The second kappa shape index (κ2) is 7.06. The van der Waals surface area contributed by atoms with Crippen molar-refractivity contribution >= 4 is 5.91 Å². The van der Waals surface area contributed by atoms with E-state index in [4.69, 9.17) is 4.74 Å². The van der Waals surface area contributed by atoms with Crippen LogP contribution in [0.15, 0.2) is 59.4 Å². The van der Waals surface area contributed by atoms with Crippen LogP contribution in [0, 0.1) is 5.82 Å². The zero-order chi connectivity index (χ0) is 18.8. The first-order valence-corrected chi connectivity index (χ1v) is 8.51. The molecule has 0 bridgehead atoms. The molecule has 1 aliphatic rings. The number of halogens is 1. The summed E-state index contributed by atoms with van der Waals surface area (Å²) in [6.07, 6.45) is 0. The number of hydrogen-bond donors (Lipinski definition) is 1. The smallest absolute Gasteiger partial charge is 0.343 e. The van der Waals surface area contributed by atoms with Crippen LogP contribution < -0.4 is 10.4 Å². The fraction of sp³-hybridized carbons (Fsp3) is 0.211. The van der Waals surface area contributed by atoms with Gasteiger partial charge in [0.2, 0.25) is 0 Å². The van der Waals surface area contributed by atoms with Gasteiger partial charge in [0.25, 0.3) is 5.91 Å². The van der Waals surface area contributed by atoms with Crippen molar-refractivity contribution in [1.82, 2.24) is 19.7 Å². The van der Waals surface area contributed by atoms with Crippen LogP contribution >= 0.6 is 0 Å². The van der Waals surface area contributed by atoms with E-state index in [0.717, 1.165) is 5.56 Å². The maximum atomic E-state index is 13.0. The molecule has 1 atom stereocenters. The van der Waals surface area contributed by atoms with Crippen LogP contribution in [-0.4, -0.2) is 38.7 Å². The molecule has 4 rings (SSSR count). The highest BCUT2D eigenvalue weighted by Gasteiger charge is 2.35. The number of hydrogen-bond acceptors (Lipinski definition) is 4. The van der Waals surface area contributed by atoms with Crippen LogP contribution in [0.3, 0.4) is 0 Å². The van der Waals surface area contributed by atoms with Crippen molar-refractivity contribution in [3.8, 4) is 5.75 Å². The molecule has 1 aromatic heterocycles. The van der Waals surface area contributed by atoms with E-state index in [2.05, 4.69) is 10.2 Å². The third kappa shape index (κ3) is 3.33. The zero-order valence-corrected chi connectivity index (χ0v) is 14.3. The second-order valence-electron chi connectivity index (χ2n) is 6.18. The number of carbonyl (C=O) groups excluding carboxylic acids is 1. The average Bonchev–Trinajstić information content (AvgIpc) is 3.08. The van der Waals surface area contributed by atoms with Crippen LogP contribution in [0.25, 0.3) is 0 Å². The topological polar surface area (TPSA) is 80.2 Å². The molecule has 1 aliphatic heterocycles. The molecule has 1 unspecified atom stereocenters. The second-order valence-corrected chi connectivity index (χ2v) is 6.18. The summed E-state index contributed by atoms with van der Waals surface area (Å²) in [5, 5.41) is 6.58. The van der Waals surface area contributed by atoms with Crippen LogP contribution in [0.5, 0.6) is 5.75 Å². The van der Waals surface area contributed by atoms with Crippen molar-refractivity contribution in [2.75, 3.05) is 13.2 Å². The molecule has 7 nitrogen and oxygen atoms in total. The maximum absolute atomic E-state index is 13.0. The first-order chi connectivity index (χ1) is 13.1. The van der Waals surface area contributed by atoms with Crippen molar-refractivity contribution in [1.29, 1.82) is 0 Å². The highest BCUT2D eigenvalue weighted by molar-refractivity contribution is 5.78. The van der Waals surface area contributed by atoms with Gasteiger partial charge in [-0.25, -0.2) is 14.3 Å². The Hall–Kier alpha value is -3.42. The molecule has 0 saturated carbocycles. The number of carbonyl (C=O) groups is 1. The van der Waals surface area contributed by atoms with Gasteiger partial charge in [0.15, 0.2) is 12.4 Å². The van der Waals surface area contributed by atoms with Gasteiger partial charge in [-0.3, -0.25) is 9.36 Å². The third-order valence-electron chi connectivity index (χ3n) is 4.52. The summed E-state index contributed by atoms with van der Waals surface area (Å²) in [6.45, 7) is 0.525. The minimum atomic E-state index is -0.483. The largest absolute Gasteiger partial charge is 0.484 e. The number of nitrogens with one attached hydrogen (secondary N) is 1. The Morgan fingerprint density at radius 2 is 1.89 bits per heavy atom. The zero-order valence-electron chi connectivity index (χ0n) is 14.3. The number of benzene rings is 2. The van der Waals surface area contributed by atoms with Crippen LogP contribution in [-0.2, 0) is 11.3 Å². The Morgan fingerprint density at radius 3 is 2.63 bits per heavy atom. The summed E-state index contributed by atoms with van der Waals surface area (Å²) >= 11 is 0. The first kappa shape index (κ1) is 17.0. The van der Waals surface area contributed by atoms with E-state index in [9.17, 15) is 14.0 Å². The lowest BCUT2D eigenvalue weighted by atomic mass is 10.0. The number of rotatable bonds is 4.